The molecule has 1 aromatic heterocycles. The van der Waals surface area contributed by atoms with E-state index in [0.29, 0.717) is 5.69 Å². The summed E-state index contributed by atoms with van der Waals surface area (Å²) in [5, 5.41) is 2.04. The van der Waals surface area contributed by atoms with Crippen molar-refractivity contribution in [1.29, 1.82) is 0 Å². The molecule has 0 aliphatic rings. The lowest BCUT2D eigenvalue weighted by atomic mass is 10.3. The van der Waals surface area contributed by atoms with Crippen LogP contribution in [-0.4, -0.2) is 41.9 Å². The zero-order valence-electron chi connectivity index (χ0n) is 10.1. The van der Waals surface area contributed by atoms with E-state index in [2.05, 4.69) is 14.7 Å². The Bertz CT molecular complexity index is 468. The Morgan fingerprint density at radius 3 is 2.63 bits per heavy atom. The molecule has 1 aromatic rings. The van der Waals surface area contributed by atoms with Crippen LogP contribution in [0.15, 0.2) is 6.07 Å². The second-order valence-electron chi connectivity index (χ2n) is 3.63. The largest absolute Gasteiger partial charge is 0.463 e. The summed E-state index contributed by atoms with van der Waals surface area (Å²) >= 11 is 0. The maximum absolute atomic E-state index is 12.7. The zero-order chi connectivity index (χ0) is 14.6. The maximum atomic E-state index is 12.7. The Morgan fingerprint density at radius 2 is 2.11 bits per heavy atom. The Morgan fingerprint density at radius 1 is 1.47 bits per heavy atom. The summed E-state index contributed by atoms with van der Waals surface area (Å²) in [6.45, 7) is 0.187. The van der Waals surface area contributed by atoms with E-state index in [4.69, 9.17) is 0 Å². The van der Waals surface area contributed by atoms with Crippen molar-refractivity contribution in [2.45, 2.75) is 19.3 Å². The Kier molecular flexibility index (Phi) is 4.62. The molecule has 0 unspecified atom stereocenters. The van der Waals surface area contributed by atoms with E-state index >= 15 is 0 Å². The molecule has 0 amide bonds. The first-order valence-electron chi connectivity index (χ1n) is 5.10. The number of alkyl halides is 4. The molecule has 0 aliphatic carbocycles. The van der Waals surface area contributed by atoms with Gasteiger partial charge in [0, 0.05) is 11.8 Å². The molecule has 0 atom stereocenters. The molecule has 1 heterocycles. The molecule has 1 N–H and O–H groups in total. The molecule has 9 heteroatoms. The molecule has 0 aliphatic heterocycles. The van der Waals surface area contributed by atoms with Gasteiger partial charge in [0.25, 0.3) is 0 Å². The van der Waals surface area contributed by atoms with Gasteiger partial charge in [-0.05, 0) is 6.92 Å². The highest BCUT2D eigenvalue weighted by molar-refractivity contribution is 5.85. The maximum Gasteiger partial charge on any atom is 0.376 e. The van der Waals surface area contributed by atoms with Crippen LogP contribution in [0.4, 0.5) is 23.4 Å². The fourth-order valence-corrected chi connectivity index (χ4v) is 1.13. The molecule has 0 saturated carbocycles. The Balaban J connectivity index is 2.85. The molecule has 0 spiro atoms. The van der Waals surface area contributed by atoms with Gasteiger partial charge in [0.1, 0.15) is 5.82 Å². The molecule has 0 saturated heterocycles. The number of halogens is 4. The number of aromatic nitrogens is 2. The minimum Gasteiger partial charge on any atom is -0.463 e. The average molecular weight is 281 g/mol. The predicted molar refractivity (Wildman–Crippen MR) is 57.5 cm³/mol. The van der Waals surface area contributed by atoms with Crippen LogP contribution in [0.3, 0.4) is 0 Å². The third-order valence-corrected chi connectivity index (χ3v) is 2.05. The highest BCUT2D eigenvalue weighted by Crippen LogP contribution is 2.23. The van der Waals surface area contributed by atoms with Crippen molar-refractivity contribution in [2.24, 2.45) is 0 Å². The summed E-state index contributed by atoms with van der Waals surface area (Å²) in [6, 6.07) is 1.24. The van der Waals surface area contributed by atoms with Gasteiger partial charge in [0.15, 0.2) is 0 Å². The SMILES string of the molecule is COC(=O)c1nc(C)cc(NCC(F)(F)C(F)F)n1. The topological polar surface area (TPSA) is 64.1 Å². The van der Waals surface area contributed by atoms with E-state index in [1.54, 1.807) is 0 Å². The van der Waals surface area contributed by atoms with E-state index in [1.165, 1.54) is 13.0 Å². The first-order chi connectivity index (χ1) is 8.76. The quantitative estimate of drug-likeness (QED) is 0.659. The molecule has 5 nitrogen and oxygen atoms in total. The molecule has 0 aromatic carbocycles. The van der Waals surface area contributed by atoms with E-state index in [-0.39, 0.29) is 11.6 Å². The summed E-state index contributed by atoms with van der Waals surface area (Å²) in [7, 11) is 1.10. The van der Waals surface area contributed by atoms with Gasteiger partial charge >= 0.3 is 18.3 Å². The highest BCUT2D eigenvalue weighted by Gasteiger charge is 2.40. The van der Waals surface area contributed by atoms with Crippen LogP contribution in [0.2, 0.25) is 0 Å². The summed E-state index contributed by atoms with van der Waals surface area (Å²) in [5.74, 6) is -5.55. The van der Waals surface area contributed by atoms with Crippen molar-refractivity contribution in [3.8, 4) is 0 Å². The minimum absolute atomic E-state index is 0.159. The van der Waals surface area contributed by atoms with Crippen molar-refractivity contribution < 1.29 is 27.1 Å². The van der Waals surface area contributed by atoms with Crippen LogP contribution < -0.4 is 5.32 Å². The summed E-state index contributed by atoms with van der Waals surface area (Å²) in [5.41, 5.74) is 0.304. The van der Waals surface area contributed by atoms with Crippen LogP contribution in [0.5, 0.6) is 0 Å². The lowest BCUT2D eigenvalue weighted by Gasteiger charge is -2.16. The number of hydrogen-bond acceptors (Lipinski definition) is 5. The monoisotopic (exact) mass is 281 g/mol. The van der Waals surface area contributed by atoms with Gasteiger partial charge in [-0.15, -0.1) is 0 Å². The van der Waals surface area contributed by atoms with E-state index in [9.17, 15) is 22.4 Å². The van der Waals surface area contributed by atoms with Crippen LogP contribution in [0.25, 0.3) is 0 Å². The second-order valence-corrected chi connectivity index (χ2v) is 3.63. The number of esters is 1. The van der Waals surface area contributed by atoms with Crippen molar-refractivity contribution >= 4 is 11.8 Å². The summed E-state index contributed by atoms with van der Waals surface area (Å²) < 4.78 is 53.7. The molecular formula is C10H11F4N3O2. The van der Waals surface area contributed by atoms with Crippen molar-refractivity contribution in [3.05, 3.63) is 17.6 Å². The number of nitrogens with one attached hydrogen (secondary N) is 1. The lowest BCUT2D eigenvalue weighted by Crippen LogP contribution is -2.35. The van der Waals surface area contributed by atoms with Gasteiger partial charge in [-0.3, -0.25) is 0 Å². The molecule has 19 heavy (non-hydrogen) atoms. The summed E-state index contributed by atoms with van der Waals surface area (Å²) in [4.78, 5) is 18.5. The van der Waals surface area contributed by atoms with Crippen LogP contribution >= 0.6 is 0 Å². The number of methoxy groups -OCH3 is 1. The summed E-state index contributed by atoms with van der Waals surface area (Å²) in [6.07, 6.45) is -3.79. The van der Waals surface area contributed by atoms with E-state index in [0.717, 1.165) is 7.11 Å². The van der Waals surface area contributed by atoms with Crippen molar-refractivity contribution in [2.75, 3.05) is 19.0 Å². The van der Waals surface area contributed by atoms with Crippen LogP contribution in [0.1, 0.15) is 16.3 Å². The standard InChI is InChI=1S/C10H11F4N3O2/c1-5-3-6(15-4-10(13,14)9(11)12)17-7(16-5)8(18)19-2/h3,9H,4H2,1-2H3,(H,15,16,17). The average Bonchev–Trinajstić information content (AvgIpc) is 2.34. The van der Waals surface area contributed by atoms with Crippen molar-refractivity contribution in [3.63, 3.8) is 0 Å². The molecular weight excluding hydrogens is 270 g/mol. The number of carbonyl (C=O) groups is 1. The molecule has 1 rings (SSSR count). The van der Waals surface area contributed by atoms with Crippen LogP contribution in [0, 0.1) is 6.92 Å². The third kappa shape index (κ3) is 4.04. The van der Waals surface area contributed by atoms with Gasteiger partial charge in [-0.25, -0.2) is 23.5 Å². The number of rotatable bonds is 5. The van der Waals surface area contributed by atoms with Gasteiger partial charge in [0.2, 0.25) is 5.82 Å². The first-order valence-corrected chi connectivity index (χ1v) is 5.10. The van der Waals surface area contributed by atoms with E-state index < -0.39 is 24.9 Å². The number of nitrogens with zero attached hydrogens (tertiary/aromatic N) is 2. The van der Waals surface area contributed by atoms with Gasteiger partial charge in [-0.1, -0.05) is 0 Å². The highest BCUT2D eigenvalue weighted by atomic mass is 19.3. The fourth-order valence-electron chi connectivity index (χ4n) is 1.13. The fraction of sp³-hybridized carbons (Fsp3) is 0.500. The van der Waals surface area contributed by atoms with Gasteiger partial charge in [0.05, 0.1) is 13.7 Å². The number of carbonyl (C=O) groups excluding carboxylic acids is 1. The zero-order valence-corrected chi connectivity index (χ0v) is 10.1. The number of anilines is 1. The third-order valence-electron chi connectivity index (χ3n) is 2.05. The molecule has 0 radical (unpaired) electrons. The van der Waals surface area contributed by atoms with E-state index in [1.807, 2.05) is 5.32 Å². The Hall–Kier alpha value is -1.93. The number of hydrogen-bond donors (Lipinski definition) is 1. The second kappa shape index (κ2) is 5.81. The van der Waals surface area contributed by atoms with Gasteiger partial charge < -0.3 is 10.1 Å². The lowest BCUT2D eigenvalue weighted by molar-refractivity contribution is -0.117. The van der Waals surface area contributed by atoms with Gasteiger partial charge in [-0.2, -0.15) is 8.78 Å². The number of ether oxygens (including phenoxy) is 1. The Labute approximate surface area is 106 Å². The minimum atomic E-state index is -4.19. The molecule has 106 valence electrons. The molecule has 0 fully saturated rings. The smallest absolute Gasteiger partial charge is 0.376 e. The van der Waals surface area contributed by atoms with Crippen LogP contribution in [-0.2, 0) is 4.74 Å². The predicted octanol–water partition coefficient (Wildman–Crippen LogP) is 1.88. The van der Waals surface area contributed by atoms with Crippen molar-refractivity contribution in [1.82, 2.24) is 9.97 Å². The molecule has 0 bridgehead atoms. The number of aryl methyl sites for hydroxylation is 1. The normalized spacial score (nSPS) is 11.5. The first kappa shape index (κ1) is 15.1.